The molecule has 38 heavy (non-hydrogen) atoms. The van der Waals surface area contributed by atoms with Gasteiger partial charge in [0.1, 0.15) is 11.5 Å². The van der Waals surface area contributed by atoms with Crippen LogP contribution in [-0.4, -0.2) is 54.4 Å². The molecular weight excluding hydrogens is 530 g/mol. The first kappa shape index (κ1) is 27.3. The van der Waals surface area contributed by atoms with E-state index in [9.17, 15) is 21.6 Å². The van der Waals surface area contributed by atoms with Gasteiger partial charge in [-0.2, -0.15) is 0 Å². The predicted octanol–water partition coefficient (Wildman–Crippen LogP) is 3.93. The molecule has 1 fully saturated rings. The number of nitrogens with zero attached hydrogens (tertiary/aromatic N) is 1. The number of carbonyl (C=O) groups excluding carboxylic acids is 1. The molecule has 1 heterocycles. The van der Waals surface area contributed by atoms with E-state index < -0.39 is 20.0 Å². The second-order valence-corrected chi connectivity index (χ2v) is 11.9. The smallest absolute Gasteiger partial charge is 0.261 e. The van der Waals surface area contributed by atoms with E-state index in [1.807, 2.05) is 6.92 Å². The van der Waals surface area contributed by atoms with E-state index in [1.165, 1.54) is 49.6 Å². The topological polar surface area (TPSA) is 131 Å². The van der Waals surface area contributed by atoms with Crippen LogP contribution in [0, 0.1) is 0 Å². The zero-order valence-electron chi connectivity index (χ0n) is 21.0. The number of anilines is 2. The minimum absolute atomic E-state index is 0.0442. The molecule has 0 aliphatic carbocycles. The van der Waals surface area contributed by atoms with E-state index in [0.29, 0.717) is 31.1 Å². The molecule has 0 radical (unpaired) electrons. The minimum Gasteiger partial charge on any atom is -0.496 e. The number of sulfonamides is 2. The highest BCUT2D eigenvalue weighted by molar-refractivity contribution is 7.93. The summed E-state index contributed by atoms with van der Waals surface area (Å²) in [6.45, 7) is 3.57. The molecule has 1 saturated heterocycles. The lowest BCUT2D eigenvalue weighted by Gasteiger charge is -2.18. The van der Waals surface area contributed by atoms with E-state index in [-0.39, 0.29) is 32.7 Å². The summed E-state index contributed by atoms with van der Waals surface area (Å²) in [5, 5.41) is 0. The summed E-state index contributed by atoms with van der Waals surface area (Å²) in [7, 11) is -6.56. The quantitative estimate of drug-likeness (QED) is 0.385. The molecule has 10 nitrogen and oxygen atoms in total. The van der Waals surface area contributed by atoms with Gasteiger partial charge in [0.05, 0.1) is 29.1 Å². The van der Waals surface area contributed by atoms with Crippen molar-refractivity contribution in [2.45, 2.75) is 29.6 Å². The van der Waals surface area contributed by atoms with Crippen molar-refractivity contribution < 1.29 is 31.1 Å². The normalized spacial score (nSPS) is 13.7. The van der Waals surface area contributed by atoms with Crippen molar-refractivity contribution in [3.63, 3.8) is 0 Å². The third-order valence-electron chi connectivity index (χ3n) is 5.94. The van der Waals surface area contributed by atoms with E-state index in [1.54, 1.807) is 29.2 Å². The van der Waals surface area contributed by atoms with Gasteiger partial charge in [0.15, 0.2) is 0 Å². The van der Waals surface area contributed by atoms with Crippen LogP contribution in [-0.2, 0) is 20.0 Å². The maximum Gasteiger partial charge on any atom is 0.261 e. The molecule has 0 unspecified atom stereocenters. The maximum atomic E-state index is 13.1. The molecule has 0 bridgehead atoms. The van der Waals surface area contributed by atoms with Crippen molar-refractivity contribution in [1.82, 2.24) is 4.90 Å². The van der Waals surface area contributed by atoms with Crippen LogP contribution in [0.4, 0.5) is 11.4 Å². The van der Waals surface area contributed by atoms with Crippen LogP contribution in [0.5, 0.6) is 11.5 Å². The van der Waals surface area contributed by atoms with Gasteiger partial charge < -0.3 is 14.4 Å². The monoisotopic (exact) mass is 559 g/mol. The number of methoxy groups -OCH3 is 1. The Morgan fingerprint density at radius 3 is 1.89 bits per heavy atom. The lowest BCUT2D eigenvalue weighted by Crippen LogP contribution is -2.28. The molecule has 12 heteroatoms. The van der Waals surface area contributed by atoms with Crippen LogP contribution in [0.3, 0.4) is 0 Å². The van der Waals surface area contributed by atoms with E-state index in [0.717, 1.165) is 12.8 Å². The van der Waals surface area contributed by atoms with Crippen LogP contribution in [0.15, 0.2) is 76.5 Å². The summed E-state index contributed by atoms with van der Waals surface area (Å²) in [6, 6.07) is 15.9. The highest BCUT2D eigenvalue weighted by Gasteiger charge is 2.25. The van der Waals surface area contributed by atoms with E-state index in [2.05, 4.69) is 9.44 Å². The number of hydrogen-bond acceptors (Lipinski definition) is 7. The first-order chi connectivity index (χ1) is 18.1. The Balaban J connectivity index is 1.50. The maximum absolute atomic E-state index is 13.1. The van der Waals surface area contributed by atoms with E-state index >= 15 is 0 Å². The molecule has 1 amide bonds. The van der Waals surface area contributed by atoms with Gasteiger partial charge in [-0.1, -0.05) is 0 Å². The Morgan fingerprint density at radius 1 is 0.816 bits per heavy atom. The molecule has 0 aromatic heterocycles. The molecule has 1 aliphatic rings. The lowest BCUT2D eigenvalue weighted by molar-refractivity contribution is 0.0789. The van der Waals surface area contributed by atoms with Crippen LogP contribution >= 0.6 is 0 Å². The van der Waals surface area contributed by atoms with Gasteiger partial charge in [0, 0.05) is 24.5 Å². The van der Waals surface area contributed by atoms with Gasteiger partial charge in [0.25, 0.3) is 26.0 Å². The number of rotatable bonds is 10. The molecule has 2 N–H and O–H groups in total. The highest BCUT2D eigenvalue weighted by Crippen LogP contribution is 2.27. The Hall–Kier alpha value is -3.77. The number of benzene rings is 3. The SMILES string of the molecule is CCOc1ccc(NS(=O)(=O)c2ccc(NS(=O)(=O)c3ccc(OC)c(C(=O)N4CCCC4)c3)cc2)cc1. The first-order valence-corrected chi connectivity index (χ1v) is 15.0. The molecule has 0 spiro atoms. The van der Waals surface area contributed by atoms with Crippen LogP contribution < -0.4 is 18.9 Å². The third-order valence-corrected chi connectivity index (χ3v) is 8.72. The average molecular weight is 560 g/mol. The minimum atomic E-state index is -4.08. The highest BCUT2D eigenvalue weighted by atomic mass is 32.2. The van der Waals surface area contributed by atoms with Gasteiger partial charge in [-0.05, 0) is 86.5 Å². The summed E-state index contributed by atoms with van der Waals surface area (Å²) >= 11 is 0. The van der Waals surface area contributed by atoms with Crippen molar-refractivity contribution in [2.24, 2.45) is 0 Å². The largest absolute Gasteiger partial charge is 0.496 e. The van der Waals surface area contributed by atoms with Crippen molar-refractivity contribution in [3.8, 4) is 11.5 Å². The molecular formula is C26H29N3O7S2. The number of carbonyl (C=O) groups is 1. The van der Waals surface area contributed by atoms with Gasteiger partial charge in [-0.25, -0.2) is 16.8 Å². The van der Waals surface area contributed by atoms with Crippen LogP contribution in [0.1, 0.15) is 30.1 Å². The summed E-state index contributed by atoms with van der Waals surface area (Å²) in [5.41, 5.74) is 0.685. The van der Waals surface area contributed by atoms with Gasteiger partial charge >= 0.3 is 0 Å². The second-order valence-electron chi connectivity index (χ2n) is 8.55. The predicted molar refractivity (Wildman–Crippen MR) is 144 cm³/mol. The Bertz CT molecular complexity index is 1500. The lowest BCUT2D eigenvalue weighted by atomic mass is 10.1. The average Bonchev–Trinajstić information content (AvgIpc) is 3.44. The van der Waals surface area contributed by atoms with Crippen molar-refractivity contribution in [1.29, 1.82) is 0 Å². The third kappa shape index (κ3) is 6.20. The molecule has 0 saturated carbocycles. The molecule has 3 aromatic rings. The zero-order valence-corrected chi connectivity index (χ0v) is 22.6. The van der Waals surface area contributed by atoms with Crippen molar-refractivity contribution >= 4 is 37.3 Å². The first-order valence-electron chi connectivity index (χ1n) is 12.0. The molecule has 202 valence electrons. The summed E-state index contributed by atoms with van der Waals surface area (Å²) in [4.78, 5) is 14.4. The van der Waals surface area contributed by atoms with Crippen LogP contribution in [0.2, 0.25) is 0 Å². The standard InChI is InChI=1S/C26H29N3O7S2/c1-3-36-21-10-6-19(7-11-21)27-37(31,32)22-12-8-20(9-13-22)28-38(33,34)23-14-15-25(35-2)24(18-23)26(30)29-16-4-5-17-29/h6-15,18,27-28H,3-5,16-17H2,1-2H3. The second kappa shape index (κ2) is 11.3. The molecule has 1 aliphatic heterocycles. The summed E-state index contributed by atoms with van der Waals surface area (Å²) in [5.74, 6) is 0.623. The number of hydrogen-bond donors (Lipinski definition) is 2. The number of ether oxygens (including phenoxy) is 2. The number of nitrogens with one attached hydrogen (secondary N) is 2. The number of likely N-dealkylation sites (tertiary alicyclic amines) is 1. The Kier molecular flexibility index (Phi) is 8.12. The van der Waals surface area contributed by atoms with E-state index in [4.69, 9.17) is 9.47 Å². The number of amides is 1. The van der Waals surface area contributed by atoms with Crippen LogP contribution in [0.25, 0.3) is 0 Å². The summed E-state index contributed by atoms with van der Waals surface area (Å²) < 4.78 is 67.2. The molecule has 3 aromatic carbocycles. The fourth-order valence-electron chi connectivity index (χ4n) is 4.03. The molecule has 4 rings (SSSR count). The van der Waals surface area contributed by atoms with Gasteiger partial charge in [-0.3, -0.25) is 14.2 Å². The van der Waals surface area contributed by atoms with Gasteiger partial charge in [0.2, 0.25) is 0 Å². The fourth-order valence-corrected chi connectivity index (χ4v) is 6.17. The van der Waals surface area contributed by atoms with Crippen molar-refractivity contribution in [3.05, 3.63) is 72.3 Å². The Morgan fingerprint density at radius 2 is 1.34 bits per heavy atom. The fraction of sp³-hybridized carbons (Fsp3) is 0.269. The van der Waals surface area contributed by atoms with Gasteiger partial charge in [-0.15, -0.1) is 0 Å². The summed E-state index contributed by atoms with van der Waals surface area (Å²) in [6.07, 6.45) is 1.80. The van der Waals surface area contributed by atoms with Crippen molar-refractivity contribution in [2.75, 3.05) is 36.3 Å². The zero-order chi connectivity index (χ0) is 27.3. The molecule has 0 atom stereocenters. The Labute approximate surface area is 222 Å².